The minimum atomic E-state index is 0.866. The van der Waals surface area contributed by atoms with E-state index >= 15 is 0 Å². The van der Waals surface area contributed by atoms with Crippen LogP contribution in [0.15, 0.2) is 12.2 Å². The number of hydrogen-bond donors (Lipinski definition) is 0. The summed E-state index contributed by atoms with van der Waals surface area (Å²) in [6, 6.07) is 0. The molecule has 2 bridgehead atoms. The van der Waals surface area contributed by atoms with Crippen molar-refractivity contribution in [1.29, 1.82) is 0 Å². The van der Waals surface area contributed by atoms with E-state index in [9.17, 15) is 0 Å². The summed E-state index contributed by atoms with van der Waals surface area (Å²) in [4.78, 5) is 0. The molecule has 7 heavy (non-hydrogen) atoms. The largest absolute Gasteiger partial charge is 0.117 e. The highest BCUT2D eigenvalue weighted by atomic mass is 14.3. The van der Waals surface area contributed by atoms with Crippen LogP contribution in [0.4, 0.5) is 0 Å². The minimum Gasteiger partial charge on any atom is -0.0765 e. The van der Waals surface area contributed by atoms with Gasteiger partial charge in [-0.25, -0.2) is 0 Å². The summed E-state index contributed by atoms with van der Waals surface area (Å²) in [5.74, 6) is 1.80. The monoisotopic (exact) mass is 93.1 g/mol. The van der Waals surface area contributed by atoms with E-state index in [-0.39, 0.29) is 0 Å². The zero-order valence-electron chi connectivity index (χ0n) is 4.30. The Kier molecular flexibility index (Phi) is 0.543. The lowest BCUT2D eigenvalue weighted by atomic mass is 10.1. The van der Waals surface area contributed by atoms with Gasteiger partial charge in [0, 0.05) is 12.3 Å². The molecule has 0 aromatic rings. The maximum atomic E-state index is 2.42. The van der Waals surface area contributed by atoms with Gasteiger partial charge in [0.2, 0.25) is 0 Å². The van der Waals surface area contributed by atoms with Gasteiger partial charge in [0.15, 0.2) is 0 Å². The third kappa shape index (κ3) is 0.395. The average molecular weight is 93.1 g/mol. The Labute approximate surface area is 44.2 Å². The van der Waals surface area contributed by atoms with Gasteiger partial charge in [-0.05, 0) is 6.08 Å². The first-order valence-corrected chi connectivity index (χ1v) is 2.97. The van der Waals surface area contributed by atoms with Crippen LogP contribution in [-0.2, 0) is 0 Å². The third-order valence-electron chi connectivity index (χ3n) is 1.95. The molecule has 2 rings (SSSR count). The van der Waals surface area contributed by atoms with Crippen LogP contribution in [0.25, 0.3) is 0 Å². The molecule has 2 atom stereocenters. The molecule has 0 spiro atoms. The van der Waals surface area contributed by atoms with E-state index in [2.05, 4.69) is 18.6 Å². The van der Waals surface area contributed by atoms with Gasteiger partial charge in [-0.1, -0.05) is 6.08 Å². The molecule has 36 valence electrons. The molecule has 0 amide bonds. The molecule has 1 saturated carbocycles. The van der Waals surface area contributed by atoms with Crippen LogP contribution in [0.3, 0.4) is 0 Å². The Morgan fingerprint density at radius 3 is 2.57 bits per heavy atom. The molecule has 0 heteroatoms. The van der Waals surface area contributed by atoms with E-state index in [0.717, 1.165) is 11.8 Å². The van der Waals surface area contributed by atoms with Crippen LogP contribution in [0, 0.1) is 18.3 Å². The Hall–Kier alpha value is -0.390. The molecule has 0 aliphatic heterocycles. The van der Waals surface area contributed by atoms with Gasteiger partial charge in [-0.3, -0.25) is 0 Å². The summed E-state index contributed by atoms with van der Waals surface area (Å²) in [5, 5.41) is 0. The molecule has 2 aliphatic rings. The summed E-state index contributed by atoms with van der Waals surface area (Å²) in [7, 11) is 0. The maximum absolute atomic E-state index is 2.42. The Bertz CT molecular complexity index is 90.6. The molecule has 0 aromatic heterocycles. The number of fused-ring (bicyclic) bond motifs is 2. The van der Waals surface area contributed by atoms with Gasteiger partial charge in [0.05, 0.1) is 12.8 Å². The van der Waals surface area contributed by atoms with Gasteiger partial charge in [-0.15, -0.1) is 0 Å². The van der Waals surface area contributed by atoms with Crippen molar-refractivity contribution >= 4 is 0 Å². The van der Waals surface area contributed by atoms with E-state index in [1.807, 2.05) is 0 Å². The molecule has 2 unspecified atom stereocenters. The SMILES string of the molecule is C1=CC2C[CH+]C1C2. The first-order chi connectivity index (χ1) is 3.45. The van der Waals surface area contributed by atoms with Crippen molar-refractivity contribution in [3.05, 3.63) is 18.6 Å². The molecular weight excluding hydrogens is 84.1 g/mol. The minimum absolute atomic E-state index is 0.866. The summed E-state index contributed by atoms with van der Waals surface area (Å²) < 4.78 is 0. The van der Waals surface area contributed by atoms with Crippen LogP contribution in [-0.4, -0.2) is 0 Å². The van der Waals surface area contributed by atoms with E-state index in [1.165, 1.54) is 12.8 Å². The Morgan fingerprint density at radius 2 is 2.43 bits per heavy atom. The molecular formula is C7H9+. The highest BCUT2D eigenvalue weighted by Crippen LogP contribution is 2.37. The number of rotatable bonds is 0. The van der Waals surface area contributed by atoms with Crippen molar-refractivity contribution in [3.63, 3.8) is 0 Å². The second-order valence-corrected chi connectivity index (χ2v) is 2.52. The van der Waals surface area contributed by atoms with Crippen molar-refractivity contribution in [2.45, 2.75) is 12.8 Å². The lowest BCUT2D eigenvalue weighted by molar-refractivity contribution is 0.693. The summed E-state index contributed by atoms with van der Waals surface area (Å²) in [5.41, 5.74) is 0. The Balaban J connectivity index is 2.27. The third-order valence-corrected chi connectivity index (χ3v) is 1.95. The highest BCUT2D eigenvalue weighted by Gasteiger charge is 2.33. The summed E-state index contributed by atoms with van der Waals surface area (Å²) >= 11 is 0. The van der Waals surface area contributed by atoms with Gasteiger partial charge in [0.1, 0.15) is 5.92 Å². The second-order valence-electron chi connectivity index (χ2n) is 2.52. The second kappa shape index (κ2) is 1.06. The molecule has 0 radical (unpaired) electrons. The van der Waals surface area contributed by atoms with Crippen LogP contribution >= 0.6 is 0 Å². The predicted octanol–water partition coefficient (Wildman–Crippen LogP) is 1.79. The normalized spacial score (nSPS) is 44.6. The van der Waals surface area contributed by atoms with E-state index < -0.39 is 0 Å². The maximum Gasteiger partial charge on any atom is 0.117 e. The molecule has 0 aromatic carbocycles. The molecule has 0 N–H and O–H groups in total. The van der Waals surface area contributed by atoms with Crippen molar-refractivity contribution in [1.82, 2.24) is 0 Å². The van der Waals surface area contributed by atoms with Gasteiger partial charge < -0.3 is 0 Å². The first-order valence-electron chi connectivity index (χ1n) is 2.97. The zero-order chi connectivity index (χ0) is 4.69. The van der Waals surface area contributed by atoms with Crippen LogP contribution in [0.1, 0.15) is 12.8 Å². The topological polar surface area (TPSA) is 0 Å². The van der Waals surface area contributed by atoms with Crippen molar-refractivity contribution < 1.29 is 0 Å². The zero-order valence-corrected chi connectivity index (χ0v) is 4.30. The fraction of sp³-hybridized carbons (Fsp3) is 0.571. The van der Waals surface area contributed by atoms with Gasteiger partial charge in [0.25, 0.3) is 0 Å². The van der Waals surface area contributed by atoms with E-state index in [0.29, 0.717) is 0 Å². The number of allylic oxidation sites excluding steroid dienone is 2. The van der Waals surface area contributed by atoms with E-state index in [4.69, 9.17) is 0 Å². The van der Waals surface area contributed by atoms with Gasteiger partial charge >= 0.3 is 0 Å². The van der Waals surface area contributed by atoms with Gasteiger partial charge in [-0.2, -0.15) is 0 Å². The smallest absolute Gasteiger partial charge is 0.0765 e. The van der Waals surface area contributed by atoms with Crippen molar-refractivity contribution in [3.8, 4) is 0 Å². The number of hydrogen-bond acceptors (Lipinski definition) is 0. The fourth-order valence-corrected chi connectivity index (χ4v) is 1.51. The quantitative estimate of drug-likeness (QED) is 0.316. The molecule has 2 aliphatic carbocycles. The van der Waals surface area contributed by atoms with E-state index in [1.54, 1.807) is 0 Å². The highest BCUT2D eigenvalue weighted by molar-refractivity contribution is 5.13. The average Bonchev–Trinajstić information content (AvgIpc) is 2.22. The van der Waals surface area contributed by atoms with Crippen molar-refractivity contribution in [2.24, 2.45) is 11.8 Å². The first kappa shape index (κ1) is 3.59. The molecule has 0 heterocycles. The summed E-state index contributed by atoms with van der Waals surface area (Å²) in [6.45, 7) is 0. The van der Waals surface area contributed by atoms with Crippen LogP contribution < -0.4 is 0 Å². The molecule has 0 nitrogen and oxygen atoms in total. The lowest BCUT2D eigenvalue weighted by Crippen LogP contribution is -1.83. The van der Waals surface area contributed by atoms with Crippen LogP contribution in [0.2, 0.25) is 0 Å². The standard InChI is InChI=1S/C7H9/c1-2-7-4-3-6(1)5-7/h1-3,6-7H,4-5H2/q+1. The predicted molar refractivity (Wildman–Crippen MR) is 29.7 cm³/mol. The Morgan fingerprint density at radius 1 is 1.43 bits per heavy atom. The fourth-order valence-electron chi connectivity index (χ4n) is 1.51. The van der Waals surface area contributed by atoms with Crippen molar-refractivity contribution in [2.75, 3.05) is 0 Å². The van der Waals surface area contributed by atoms with Crippen LogP contribution in [0.5, 0.6) is 0 Å². The molecule has 0 saturated heterocycles. The molecule has 1 fully saturated rings. The lowest BCUT2D eigenvalue weighted by Gasteiger charge is -1.88. The summed E-state index contributed by atoms with van der Waals surface area (Å²) in [6.07, 6.45) is 9.87.